The minimum Gasteiger partial charge on any atom is -0.497 e. The van der Waals surface area contributed by atoms with Gasteiger partial charge in [0.2, 0.25) is 5.91 Å². The fourth-order valence-electron chi connectivity index (χ4n) is 4.30. The highest BCUT2D eigenvalue weighted by atomic mass is 19.1. The van der Waals surface area contributed by atoms with Crippen LogP contribution in [-0.2, 0) is 16.0 Å². The molecule has 0 saturated carbocycles. The first-order valence-electron chi connectivity index (χ1n) is 11.6. The van der Waals surface area contributed by atoms with Gasteiger partial charge >= 0.3 is 0 Å². The van der Waals surface area contributed by atoms with Gasteiger partial charge in [-0.15, -0.1) is 0 Å². The number of carbonyl (C=O) groups is 3. The Morgan fingerprint density at radius 2 is 1.59 bits per heavy atom. The third-order valence-electron chi connectivity index (χ3n) is 6.27. The number of carbonyl (C=O) groups excluding carboxylic acids is 3. The Hall–Kier alpha value is -4.40. The molecule has 1 aliphatic rings. The highest BCUT2D eigenvalue weighted by molar-refractivity contribution is 6.23. The SMILES string of the molecule is COc1ccc(N2C(=O)CC(N(CCc3ccc(OC)c(OC)c3)C(=O)c3ccc(F)cc3)C2=O)cc1. The lowest BCUT2D eigenvalue weighted by atomic mass is 10.1. The van der Waals surface area contributed by atoms with E-state index < -0.39 is 29.6 Å². The molecular weight excluding hydrogens is 479 g/mol. The molecule has 8 nitrogen and oxygen atoms in total. The van der Waals surface area contributed by atoms with Crippen LogP contribution in [0.4, 0.5) is 10.1 Å². The van der Waals surface area contributed by atoms with Crippen molar-refractivity contribution >= 4 is 23.4 Å². The molecule has 37 heavy (non-hydrogen) atoms. The van der Waals surface area contributed by atoms with Crippen LogP contribution in [0.3, 0.4) is 0 Å². The zero-order valence-corrected chi connectivity index (χ0v) is 20.8. The number of imide groups is 1. The van der Waals surface area contributed by atoms with Gasteiger partial charge in [0.15, 0.2) is 11.5 Å². The van der Waals surface area contributed by atoms with Crippen LogP contribution in [0, 0.1) is 5.82 Å². The molecule has 1 aliphatic heterocycles. The Morgan fingerprint density at radius 3 is 2.22 bits per heavy atom. The Kier molecular flexibility index (Phi) is 7.71. The maximum Gasteiger partial charge on any atom is 0.257 e. The maximum atomic E-state index is 13.5. The molecule has 4 rings (SSSR count). The second kappa shape index (κ2) is 11.1. The molecule has 1 saturated heterocycles. The van der Waals surface area contributed by atoms with Crippen LogP contribution in [0.1, 0.15) is 22.3 Å². The average Bonchev–Trinajstić information content (AvgIpc) is 3.22. The summed E-state index contributed by atoms with van der Waals surface area (Å²) in [7, 11) is 4.59. The molecule has 0 N–H and O–H groups in total. The van der Waals surface area contributed by atoms with E-state index in [9.17, 15) is 18.8 Å². The molecule has 1 unspecified atom stereocenters. The van der Waals surface area contributed by atoms with Crippen LogP contribution in [0.25, 0.3) is 0 Å². The second-order valence-corrected chi connectivity index (χ2v) is 8.43. The van der Waals surface area contributed by atoms with E-state index in [0.29, 0.717) is 29.4 Å². The summed E-state index contributed by atoms with van der Waals surface area (Å²) in [6, 6.07) is 16.0. The molecule has 3 aromatic rings. The number of hydrogen-bond donors (Lipinski definition) is 0. The number of rotatable bonds is 9. The number of anilines is 1. The van der Waals surface area contributed by atoms with E-state index >= 15 is 0 Å². The van der Waals surface area contributed by atoms with Crippen molar-refractivity contribution in [1.29, 1.82) is 0 Å². The molecular formula is C28H27FN2O6. The molecule has 0 aromatic heterocycles. The van der Waals surface area contributed by atoms with Crippen molar-refractivity contribution in [2.24, 2.45) is 0 Å². The number of halogens is 1. The highest BCUT2D eigenvalue weighted by Crippen LogP contribution is 2.30. The summed E-state index contributed by atoms with van der Waals surface area (Å²) >= 11 is 0. The van der Waals surface area contributed by atoms with Gasteiger partial charge < -0.3 is 19.1 Å². The summed E-state index contributed by atoms with van der Waals surface area (Å²) in [4.78, 5) is 42.4. The van der Waals surface area contributed by atoms with Crippen molar-refractivity contribution in [3.8, 4) is 17.2 Å². The zero-order valence-electron chi connectivity index (χ0n) is 20.8. The normalized spacial score (nSPS) is 15.0. The molecule has 0 radical (unpaired) electrons. The number of ether oxygens (including phenoxy) is 3. The summed E-state index contributed by atoms with van der Waals surface area (Å²) < 4.78 is 29.3. The predicted molar refractivity (Wildman–Crippen MR) is 135 cm³/mol. The molecule has 0 aliphatic carbocycles. The van der Waals surface area contributed by atoms with Gasteiger partial charge in [-0.2, -0.15) is 0 Å². The molecule has 0 spiro atoms. The fourth-order valence-corrected chi connectivity index (χ4v) is 4.30. The largest absolute Gasteiger partial charge is 0.497 e. The van der Waals surface area contributed by atoms with E-state index in [1.165, 1.54) is 50.5 Å². The van der Waals surface area contributed by atoms with Gasteiger partial charge in [-0.05, 0) is 72.6 Å². The van der Waals surface area contributed by atoms with Gasteiger partial charge in [-0.3, -0.25) is 14.4 Å². The quantitative estimate of drug-likeness (QED) is 0.410. The van der Waals surface area contributed by atoms with Crippen LogP contribution < -0.4 is 19.1 Å². The van der Waals surface area contributed by atoms with Gasteiger partial charge in [-0.25, -0.2) is 9.29 Å². The number of hydrogen-bond acceptors (Lipinski definition) is 6. The molecule has 1 atom stereocenters. The Balaban J connectivity index is 1.63. The standard InChI is InChI=1S/C28H27FN2O6/c1-35-22-11-9-21(10-12-22)31-26(32)17-23(28(31)34)30(27(33)19-5-7-20(29)8-6-19)15-14-18-4-13-24(36-2)25(16-18)37-3/h4-13,16,23H,14-15,17H2,1-3H3. The van der Waals surface area contributed by atoms with Crippen LogP contribution in [0.5, 0.6) is 17.2 Å². The summed E-state index contributed by atoms with van der Waals surface area (Å²) in [5.74, 6) is -0.176. The van der Waals surface area contributed by atoms with E-state index in [2.05, 4.69) is 0 Å². The lowest BCUT2D eigenvalue weighted by molar-refractivity contribution is -0.122. The maximum absolute atomic E-state index is 13.5. The van der Waals surface area contributed by atoms with E-state index in [1.54, 1.807) is 36.4 Å². The summed E-state index contributed by atoms with van der Waals surface area (Å²) in [6.07, 6.45) is 0.220. The zero-order chi connectivity index (χ0) is 26.5. The number of amides is 3. The van der Waals surface area contributed by atoms with Crippen LogP contribution >= 0.6 is 0 Å². The first kappa shape index (κ1) is 25.7. The second-order valence-electron chi connectivity index (χ2n) is 8.43. The third-order valence-corrected chi connectivity index (χ3v) is 6.27. The summed E-state index contributed by atoms with van der Waals surface area (Å²) in [5.41, 5.74) is 1.46. The number of nitrogens with zero attached hydrogens (tertiary/aromatic N) is 2. The van der Waals surface area contributed by atoms with Gasteiger partial charge in [0.1, 0.15) is 17.6 Å². The summed E-state index contributed by atoms with van der Waals surface area (Å²) in [5, 5.41) is 0. The average molecular weight is 507 g/mol. The molecule has 9 heteroatoms. The number of benzene rings is 3. The smallest absolute Gasteiger partial charge is 0.257 e. The molecule has 0 bridgehead atoms. The van der Waals surface area contributed by atoms with Crippen molar-refractivity contribution in [3.63, 3.8) is 0 Å². The van der Waals surface area contributed by atoms with Crippen molar-refractivity contribution in [2.75, 3.05) is 32.8 Å². The highest BCUT2D eigenvalue weighted by Gasteiger charge is 2.44. The Morgan fingerprint density at radius 1 is 0.919 bits per heavy atom. The third kappa shape index (κ3) is 5.40. The van der Waals surface area contributed by atoms with Crippen LogP contribution in [0.15, 0.2) is 66.7 Å². The summed E-state index contributed by atoms with van der Waals surface area (Å²) in [6.45, 7) is 0.145. The monoisotopic (exact) mass is 506 g/mol. The van der Waals surface area contributed by atoms with Crippen molar-refractivity contribution in [3.05, 3.63) is 83.7 Å². The van der Waals surface area contributed by atoms with Crippen molar-refractivity contribution < 1.29 is 33.0 Å². The van der Waals surface area contributed by atoms with E-state index in [-0.39, 0.29) is 18.5 Å². The Bertz CT molecular complexity index is 1290. The molecule has 192 valence electrons. The van der Waals surface area contributed by atoms with E-state index in [0.717, 1.165) is 10.5 Å². The minimum atomic E-state index is -1.01. The molecule has 3 aromatic carbocycles. The predicted octanol–water partition coefficient (Wildman–Crippen LogP) is 3.87. The minimum absolute atomic E-state index is 0.145. The first-order valence-corrected chi connectivity index (χ1v) is 11.6. The van der Waals surface area contributed by atoms with Crippen LogP contribution in [0.2, 0.25) is 0 Å². The van der Waals surface area contributed by atoms with Gasteiger partial charge in [-0.1, -0.05) is 6.07 Å². The van der Waals surface area contributed by atoms with Gasteiger partial charge in [0.25, 0.3) is 11.8 Å². The Labute approximate surface area is 214 Å². The number of methoxy groups -OCH3 is 3. The van der Waals surface area contributed by atoms with Crippen molar-refractivity contribution in [2.45, 2.75) is 18.9 Å². The molecule has 1 heterocycles. The molecule has 1 fully saturated rings. The fraction of sp³-hybridized carbons (Fsp3) is 0.250. The first-order chi connectivity index (χ1) is 17.9. The van der Waals surface area contributed by atoms with Crippen LogP contribution in [-0.4, -0.2) is 56.5 Å². The molecule has 3 amide bonds. The van der Waals surface area contributed by atoms with Crippen molar-refractivity contribution in [1.82, 2.24) is 4.90 Å². The topological polar surface area (TPSA) is 85.4 Å². The van der Waals surface area contributed by atoms with Gasteiger partial charge in [0, 0.05) is 12.1 Å². The lowest BCUT2D eigenvalue weighted by Crippen LogP contribution is -2.46. The van der Waals surface area contributed by atoms with E-state index in [1.807, 2.05) is 6.07 Å². The lowest BCUT2D eigenvalue weighted by Gasteiger charge is -2.28. The van der Waals surface area contributed by atoms with Gasteiger partial charge in [0.05, 0.1) is 33.4 Å². The van der Waals surface area contributed by atoms with E-state index in [4.69, 9.17) is 14.2 Å².